The summed E-state index contributed by atoms with van der Waals surface area (Å²) in [5.41, 5.74) is 1.22. The third-order valence-corrected chi connectivity index (χ3v) is 3.01. The van der Waals surface area contributed by atoms with Gasteiger partial charge in [0.1, 0.15) is 5.82 Å². The zero-order valence-corrected chi connectivity index (χ0v) is 9.66. The Balaban J connectivity index is 2.27. The Labute approximate surface area is 95.1 Å². The molecule has 1 fully saturated rings. The number of amides is 1. The van der Waals surface area contributed by atoms with Crippen molar-refractivity contribution in [1.82, 2.24) is 4.90 Å². The number of nitrogens with zero attached hydrogens (tertiary/aromatic N) is 1. The highest BCUT2D eigenvalue weighted by Gasteiger charge is 2.22. The van der Waals surface area contributed by atoms with E-state index in [1.165, 1.54) is 6.07 Å². The van der Waals surface area contributed by atoms with Gasteiger partial charge >= 0.3 is 0 Å². The van der Waals surface area contributed by atoms with Gasteiger partial charge in [0.05, 0.1) is 0 Å². The fraction of sp³-hybridized carbons (Fsp3) is 0.462. The number of likely N-dealkylation sites (tertiary alicyclic amines) is 1. The smallest absolute Gasteiger partial charge is 0.253 e. The van der Waals surface area contributed by atoms with E-state index >= 15 is 0 Å². The average molecular weight is 221 g/mol. The number of halogens is 1. The van der Waals surface area contributed by atoms with Crippen LogP contribution in [0.25, 0.3) is 0 Å². The molecule has 1 amide bonds. The van der Waals surface area contributed by atoms with E-state index in [0.717, 1.165) is 19.5 Å². The number of rotatable bonds is 2. The van der Waals surface area contributed by atoms with E-state index in [-0.39, 0.29) is 17.6 Å². The van der Waals surface area contributed by atoms with Crippen molar-refractivity contribution in [2.24, 2.45) is 0 Å². The zero-order chi connectivity index (χ0) is 11.7. The standard InChI is InChI=1S/C13H16FNO/c1-9(2)11-8-10(4-5-12(11)14)13(16)15-6-3-7-15/h4-5,8-9H,3,6-7H2,1-2H3. The molecule has 0 bridgehead atoms. The number of hydrogen-bond acceptors (Lipinski definition) is 1. The number of benzene rings is 1. The first kappa shape index (κ1) is 11.1. The predicted octanol–water partition coefficient (Wildman–Crippen LogP) is 2.80. The van der Waals surface area contributed by atoms with Gasteiger partial charge in [0.25, 0.3) is 5.91 Å². The van der Waals surface area contributed by atoms with E-state index in [1.807, 2.05) is 13.8 Å². The second-order valence-corrected chi connectivity index (χ2v) is 4.54. The lowest BCUT2D eigenvalue weighted by Crippen LogP contribution is -2.42. The lowest BCUT2D eigenvalue weighted by Gasteiger charge is -2.31. The first-order valence-electron chi connectivity index (χ1n) is 5.68. The van der Waals surface area contributed by atoms with Crippen molar-refractivity contribution in [1.29, 1.82) is 0 Å². The molecule has 0 spiro atoms. The molecule has 0 N–H and O–H groups in total. The zero-order valence-electron chi connectivity index (χ0n) is 9.66. The van der Waals surface area contributed by atoms with Crippen molar-refractivity contribution < 1.29 is 9.18 Å². The van der Waals surface area contributed by atoms with Crippen molar-refractivity contribution in [3.8, 4) is 0 Å². The maximum atomic E-state index is 13.5. The van der Waals surface area contributed by atoms with Crippen LogP contribution in [0.4, 0.5) is 4.39 Å². The van der Waals surface area contributed by atoms with Gasteiger partial charge in [0, 0.05) is 18.7 Å². The minimum Gasteiger partial charge on any atom is -0.339 e. The van der Waals surface area contributed by atoms with Crippen LogP contribution in [0.5, 0.6) is 0 Å². The van der Waals surface area contributed by atoms with Crippen molar-refractivity contribution in [3.05, 3.63) is 35.1 Å². The first-order chi connectivity index (χ1) is 7.59. The second kappa shape index (κ2) is 4.24. The van der Waals surface area contributed by atoms with Gasteiger partial charge in [-0.15, -0.1) is 0 Å². The van der Waals surface area contributed by atoms with Crippen LogP contribution in [0.3, 0.4) is 0 Å². The lowest BCUT2D eigenvalue weighted by molar-refractivity contribution is 0.0651. The molecule has 0 unspecified atom stereocenters. The highest BCUT2D eigenvalue weighted by atomic mass is 19.1. The Morgan fingerprint density at radius 2 is 2.06 bits per heavy atom. The highest BCUT2D eigenvalue weighted by Crippen LogP contribution is 2.21. The van der Waals surface area contributed by atoms with Gasteiger partial charge in [0.2, 0.25) is 0 Å². The molecule has 0 atom stereocenters. The van der Waals surface area contributed by atoms with Gasteiger partial charge in [-0.1, -0.05) is 13.8 Å². The molecule has 1 heterocycles. The van der Waals surface area contributed by atoms with Crippen LogP contribution in [0, 0.1) is 5.82 Å². The fourth-order valence-electron chi connectivity index (χ4n) is 1.82. The van der Waals surface area contributed by atoms with Crippen molar-refractivity contribution in [2.75, 3.05) is 13.1 Å². The van der Waals surface area contributed by atoms with Crippen LogP contribution >= 0.6 is 0 Å². The summed E-state index contributed by atoms with van der Waals surface area (Å²) in [5.74, 6) is -0.104. The van der Waals surface area contributed by atoms with Gasteiger partial charge in [0.15, 0.2) is 0 Å². The lowest BCUT2D eigenvalue weighted by atomic mass is 9.99. The molecule has 3 heteroatoms. The largest absolute Gasteiger partial charge is 0.339 e. The van der Waals surface area contributed by atoms with Crippen LogP contribution in [0.1, 0.15) is 42.1 Å². The van der Waals surface area contributed by atoms with E-state index in [1.54, 1.807) is 17.0 Å². The van der Waals surface area contributed by atoms with Gasteiger partial charge < -0.3 is 4.90 Å². The predicted molar refractivity (Wildman–Crippen MR) is 61.0 cm³/mol. The van der Waals surface area contributed by atoms with E-state index in [4.69, 9.17) is 0 Å². The number of carbonyl (C=O) groups excluding carboxylic acids is 1. The molecule has 1 aromatic rings. The summed E-state index contributed by atoms with van der Waals surface area (Å²) in [5, 5.41) is 0. The maximum Gasteiger partial charge on any atom is 0.253 e. The molecule has 0 aliphatic carbocycles. The van der Waals surface area contributed by atoms with E-state index in [2.05, 4.69) is 0 Å². The monoisotopic (exact) mass is 221 g/mol. The van der Waals surface area contributed by atoms with Crippen molar-refractivity contribution in [2.45, 2.75) is 26.2 Å². The minimum absolute atomic E-state index is 0.0214. The Morgan fingerprint density at radius 3 is 2.56 bits per heavy atom. The molecule has 1 aliphatic heterocycles. The maximum absolute atomic E-state index is 13.5. The minimum atomic E-state index is -0.227. The highest BCUT2D eigenvalue weighted by molar-refractivity contribution is 5.94. The molecule has 1 aromatic carbocycles. The fourth-order valence-corrected chi connectivity index (χ4v) is 1.82. The molecule has 86 valence electrons. The van der Waals surface area contributed by atoms with Crippen LogP contribution in [-0.4, -0.2) is 23.9 Å². The van der Waals surface area contributed by atoms with Gasteiger partial charge in [-0.2, -0.15) is 0 Å². The molecule has 2 rings (SSSR count). The van der Waals surface area contributed by atoms with Crippen molar-refractivity contribution >= 4 is 5.91 Å². The van der Waals surface area contributed by atoms with Crippen LogP contribution in [-0.2, 0) is 0 Å². The molecule has 1 aliphatic rings. The SMILES string of the molecule is CC(C)c1cc(C(=O)N2CCC2)ccc1F. The summed E-state index contributed by atoms with van der Waals surface area (Å²) in [6.45, 7) is 5.51. The molecule has 0 aromatic heterocycles. The third kappa shape index (κ3) is 1.94. The molecule has 0 saturated carbocycles. The quantitative estimate of drug-likeness (QED) is 0.752. The van der Waals surface area contributed by atoms with Crippen LogP contribution in [0.2, 0.25) is 0 Å². The Bertz CT molecular complexity index is 410. The Morgan fingerprint density at radius 1 is 1.38 bits per heavy atom. The normalized spacial score (nSPS) is 15.1. The topological polar surface area (TPSA) is 20.3 Å². The second-order valence-electron chi connectivity index (χ2n) is 4.54. The van der Waals surface area contributed by atoms with Gasteiger partial charge in [-0.3, -0.25) is 4.79 Å². The Kier molecular flexibility index (Phi) is 2.95. The molecule has 1 saturated heterocycles. The molecule has 2 nitrogen and oxygen atoms in total. The summed E-state index contributed by atoms with van der Waals surface area (Å²) in [7, 11) is 0. The summed E-state index contributed by atoms with van der Waals surface area (Å²) < 4.78 is 13.5. The van der Waals surface area contributed by atoms with Gasteiger partial charge in [-0.25, -0.2) is 4.39 Å². The molecule has 16 heavy (non-hydrogen) atoms. The van der Waals surface area contributed by atoms with E-state index in [0.29, 0.717) is 11.1 Å². The average Bonchev–Trinajstić information content (AvgIpc) is 2.15. The van der Waals surface area contributed by atoms with E-state index in [9.17, 15) is 9.18 Å². The Hall–Kier alpha value is -1.38. The third-order valence-electron chi connectivity index (χ3n) is 3.01. The number of hydrogen-bond donors (Lipinski definition) is 0. The molecular weight excluding hydrogens is 205 g/mol. The van der Waals surface area contributed by atoms with Crippen LogP contribution < -0.4 is 0 Å². The van der Waals surface area contributed by atoms with Crippen molar-refractivity contribution in [3.63, 3.8) is 0 Å². The first-order valence-corrected chi connectivity index (χ1v) is 5.68. The van der Waals surface area contributed by atoms with Crippen LogP contribution in [0.15, 0.2) is 18.2 Å². The number of carbonyl (C=O) groups is 1. The summed E-state index contributed by atoms with van der Waals surface area (Å²) in [6.07, 6.45) is 1.07. The summed E-state index contributed by atoms with van der Waals surface area (Å²) in [4.78, 5) is 13.7. The summed E-state index contributed by atoms with van der Waals surface area (Å²) >= 11 is 0. The molecule has 0 radical (unpaired) electrons. The molecular formula is C13H16FNO. The summed E-state index contributed by atoms with van der Waals surface area (Å²) in [6, 6.07) is 4.64. The van der Waals surface area contributed by atoms with E-state index < -0.39 is 0 Å². The van der Waals surface area contributed by atoms with Gasteiger partial charge in [-0.05, 0) is 36.1 Å².